The minimum atomic E-state index is -0.760. The number of benzene rings is 1. The van der Waals surface area contributed by atoms with Crippen molar-refractivity contribution in [1.29, 1.82) is 0 Å². The molecule has 1 saturated heterocycles. The van der Waals surface area contributed by atoms with Gasteiger partial charge in [0.15, 0.2) is 6.10 Å². The van der Waals surface area contributed by atoms with Crippen LogP contribution >= 0.6 is 11.3 Å². The van der Waals surface area contributed by atoms with Crippen LogP contribution in [0.15, 0.2) is 41.8 Å². The predicted molar refractivity (Wildman–Crippen MR) is 102 cm³/mol. The molecule has 0 radical (unpaired) electrons. The summed E-state index contributed by atoms with van der Waals surface area (Å²) < 4.78 is 5.38. The summed E-state index contributed by atoms with van der Waals surface area (Å²) >= 11 is 1.34. The van der Waals surface area contributed by atoms with E-state index in [1.54, 1.807) is 11.8 Å². The first-order chi connectivity index (χ1) is 12.5. The molecule has 0 aliphatic carbocycles. The Morgan fingerprint density at radius 2 is 1.81 bits per heavy atom. The first-order valence-electron chi connectivity index (χ1n) is 8.84. The van der Waals surface area contributed by atoms with Gasteiger partial charge in [-0.1, -0.05) is 30.3 Å². The van der Waals surface area contributed by atoms with E-state index >= 15 is 0 Å². The number of hydrogen-bond acceptors (Lipinski definition) is 5. The summed E-state index contributed by atoms with van der Waals surface area (Å²) in [5.41, 5.74) is 2.16. The van der Waals surface area contributed by atoms with Crippen molar-refractivity contribution in [3.8, 4) is 0 Å². The summed E-state index contributed by atoms with van der Waals surface area (Å²) in [5, 5.41) is 1.85. The summed E-state index contributed by atoms with van der Waals surface area (Å²) in [5.74, 6) is -0.534. The summed E-state index contributed by atoms with van der Waals surface area (Å²) in [6.07, 6.45) is -0.760. The van der Waals surface area contributed by atoms with Crippen LogP contribution in [0, 0.1) is 6.92 Å². The highest BCUT2D eigenvalue weighted by molar-refractivity contribution is 7.12. The zero-order valence-electron chi connectivity index (χ0n) is 15.2. The molecule has 0 spiro atoms. The molecular weight excluding hydrogens is 348 g/mol. The maximum atomic E-state index is 12.6. The van der Waals surface area contributed by atoms with Gasteiger partial charge in [0.1, 0.15) is 4.88 Å². The van der Waals surface area contributed by atoms with E-state index in [4.69, 9.17) is 4.74 Å². The number of rotatable bonds is 5. The minimum absolute atomic E-state index is 0.119. The van der Waals surface area contributed by atoms with Crippen molar-refractivity contribution >= 4 is 23.2 Å². The van der Waals surface area contributed by atoms with Crippen LogP contribution in [0.5, 0.6) is 0 Å². The zero-order chi connectivity index (χ0) is 18.5. The number of amides is 1. The first kappa shape index (κ1) is 18.6. The highest BCUT2D eigenvalue weighted by atomic mass is 32.1. The van der Waals surface area contributed by atoms with Gasteiger partial charge >= 0.3 is 5.97 Å². The van der Waals surface area contributed by atoms with Crippen LogP contribution in [0.25, 0.3) is 0 Å². The topological polar surface area (TPSA) is 49.9 Å². The molecule has 5 nitrogen and oxygen atoms in total. The van der Waals surface area contributed by atoms with Gasteiger partial charge in [-0.05, 0) is 36.4 Å². The molecule has 1 unspecified atom stereocenters. The smallest absolute Gasteiger partial charge is 0.349 e. The fourth-order valence-electron chi connectivity index (χ4n) is 3.07. The fourth-order valence-corrected chi connectivity index (χ4v) is 3.88. The van der Waals surface area contributed by atoms with E-state index in [0.717, 1.165) is 25.2 Å². The number of carbonyl (C=O) groups excluding carboxylic acids is 2. The predicted octanol–water partition coefficient (Wildman–Crippen LogP) is 2.95. The lowest BCUT2D eigenvalue weighted by atomic mass is 10.2. The van der Waals surface area contributed by atoms with Gasteiger partial charge in [-0.2, -0.15) is 0 Å². The summed E-state index contributed by atoms with van der Waals surface area (Å²) in [6, 6.07) is 12.2. The summed E-state index contributed by atoms with van der Waals surface area (Å²) in [4.78, 5) is 29.5. The van der Waals surface area contributed by atoms with E-state index in [-0.39, 0.29) is 5.91 Å². The van der Waals surface area contributed by atoms with Crippen molar-refractivity contribution in [2.45, 2.75) is 26.5 Å². The molecule has 2 aromatic rings. The van der Waals surface area contributed by atoms with Gasteiger partial charge in [0.05, 0.1) is 0 Å². The van der Waals surface area contributed by atoms with Crippen LogP contribution in [0.1, 0.15) is 27.7 Å². The molecule has 1 amide bonds. The largest absolute Gasteiger partial charge is 0.448 e. The summed E-state index contributed by atoms with van der Waals surface area (Å²) in [6.45, 7) is 7.38. The molecule has 6 heteroatoms. The quantitative estimate of drug-likeness (QED) is 0.757. The van der Waals surface area contributed by atoms with Crippen LogP contribution in [-0.4, -0.2) is 54.0 Å². The van der Waals surface area contributed by atoms with E-state index in [1.165, 1.54) is 16.9 Å². The Labute approximate surface area is 158 Å². The Morgan fingerprint density at radius 1 is 1.12 bits per heavy atom. The molecule has 1 aromatic heterocycles. The Hall–Kier alpha value is -2.18. The second-order valence-corrected chi connectivity index (χ2v) is 7.48. The lowest BCUT2D eigenvalue weighted by Gasteiger charge is -2.35. The number of piperazine rings is 1. The SMILES string of the molecule is Cc1ccsc1C(=O)OC(C)C(=O)N1CCN(Cc2ccccc2)CC1. The Bertz CT molecular complexity index is 751. The van der Waals surface area contributed by atoms with Gasteiger partial charge in [0.2, 0.25) is 0 Å². The van der Waals surface area contributed by atoms with Gasteiger partial charge in [-0.15, -0.1) is 11.3 Å². The van der Waals surface area contributed by atoms with Crippen LogP contribution in [0.2, 0.25) is 0 Å². The maximum Gasteiger partial charge on any atom is 0.349 e. The molecule has 0 N–H and O–H groups in total. The molecule has 1 fully saturated rings. The highest BCUT2D eigenvalue weighted by Gasteiger charge is 2.28. The number of thiophene rings is 1. The lowest BCUT2D eigenvalue weighted by Crippen LogP contribution is -2.51. The van der Waals surface area contributed by atoms with Crippen molar-refractivity contribution in [3.05, 3.63) is 57.8 Å². The lowest BCUT2D eigenvalue weighted by molar-refractivity contribution is -0.141. The number of hydrogen-bond donors (Lipinski definition) is 0. The molecule has 3 rings (SSSR count). The fraction of sp³-hybridized carbons (Fsp3) is 0.400. The van der Waals surface area contributed by atoms with Crippen LogP contribution < -0.4 is 0 Å². The van der Waals surface area contributed by atoms with Crippen LogP contribution in [-0.2, 0) is 16.1 Å². The van der Waals surface area contributed by atoms with Gasteiger partial charge in [-0.3, -0.25) is 9.69 Å². The molecular formula is C20H24N2O3S. The third-order valence-electron chi connectivity index (χ3n) is 4.61. The monoisotopic (exact) mass is 372 g/mol. The van der Waals surface area contributed by atoms with Crippen LogP contribution in [0.3, 0.4) is 0 Å². The molecule has 138 valence electrons. The molecule has 0 saturated carbocycles. The molecule has 1 aliphatic rings. The normalized spacial score (nSPS) is 16.3. The molecule has 2 heterocycles. The van der Waals surface area contributed by atoms with E-state index < -0.39 is 12.1 Å². The molecule has 1 aromatic carbocycles. The van der Waals surface area contributed by atoms with Gasteiger partial charge in [0.25, 0.3) is 5.91 Å². The van der Waals surface area contributed by atoms with Crippen molar-refractivity contribution < 1.29 is 14.3 Å². The Balaban J connectivity index is 1.48. The standard InChI is InChI=1S/C20H24N2O3S/c1-15-8-13-26-18(15)20(24)25-16(2)19(23)22-11-9-21(10-12-22)14-17-6-4-3-5-7-17/h3-8,13,16H,9-12,14H2,1-2H3. The van der Waals surface area contributed by atoms with Crippen LogP contribution in [0.4, 0.5) is 0 Å². The third-order valence-corrected chi connectivity index (χ3v) is 5.61. The Kier molecular flexibility index (Phi) is 6.06. The highest BCUT2D eigenvalue weighted by Crippen LogP contribution is 2.18. The molecule has 26 heavy (non-hydrogen) atoms. The van der Waals surface area contributed by atoms with E-state index in [2.05, 4.69) is 17.0 Å². The zero-order valence-corrected chi connectivity index (χ0v) is 16.0. The average molecular weight is 372 g/mol. The molecule has 1 aliphatic heterocycles. The van der Waals surface area contributed by atoms with E-state index in [0.29, 0.717) is 18.0 Å². The second-order valence-electron chi connectivity index (χ2n) is 6.57. The van der Waals surface area contributed by atoms with Crippen molar-refractivity contribution in [1.82, 2.24) is 9.80 Å². The van der Waals surface area contributed by atoms with Gasteiger partial charge in [0, 0.05) is 32.7 Å². The molecule has 1 atom stereocenters. The van der Waals surface area contributed by atoms with Crippen molar-refractivity contribution in [2.24, 2.45) is 0 Å². The molecule has 0 bridgehead atoms. The van der Waals surface area contributed by atoms with E-state index in [1.807, 2.05) is 36.6 Å². The third kappa shape index (κ3) is 4.51. The summed E-state index contributed by atoms with van der Waals surface area (Å²) in [7, 11) is 0. The minimum Gasteiger partial charge on any atom is -0.448 e. The number of nitrogens with zero attached hydrogens (tertiary/aromatic N) is 2. The van der Waals surface area contributed by atoms with Crippen molar-refractivity contribution in [2.75, 3.05) is 26.2 Å². The number of esters is 1. The van der Waals surface area contributed by atoms with Gasteiger partial charge < -0.3 is 9.64 Å². The number of carbonyl (C=O) groups is 2. The Morgan fingerprint density at radius 3 is 2.42 bits per heavy atom. The van der Waals surface area contributed by atoms with Gasteiger partial charge in [-0.25, -0.2) is 4.79 Å². The first-order valence-corrected chi connectivity index (χ1v) is 9.72. The van der Waals surface area contributed by atoms with Crippen molar-refractivity contribution in [3.63, 3.8) is 0 Å². The maximum absolute atomic E-state index is 12.6. The second kappa shape index (κ2) is 8.47. The number of ether oxygens (including phenoxy) is 1. The average Bonchev–Trinajstić information content (AvgIpc) is 3.08. The number of aryl methyl sites for hydroxylation is 1. The van der Waals surface area contributed by atoms with E-state index in [9.17, 15) is 9.59 Å².